The molecular formula is C24H21ClN6O. The Balaban J connectivity index is 1.38. The Bertz CT molecular complexity index is 1200. The summed E-state index contributed by atoms with van der Waals surface area (Å²) in [4.78, 5) is 25.4. The van der Waals surface area contributed by atoms with Gasteiger partial charge in [0.1, 0.15) is 23.3 Å². The molecule has 0 aliphatic carbocycles. The highest BCUT2D eigenvalue weighted by atomic mass is 35.5. The number of benzene rings is 2. The Morgan fingerprint density at radius 2 is 1.53 bits per heavy atom. The second kappa shape index (κ2) is 9.89. The number of carbonyl (C=O) groups excluding carboxylic acids is 1. The maximum absolute atomic E-state index is 12.3. The van der Waals surface area contributed by atoms with Crippen LogP contribution in [-0.2, 0) is 11.2 Å². The molecule has 2 heterocycles. The molecule has 7 nitrogen and oxygen atoms in total. The number of hydrogen-bond acceptors (Lipinski definition) is 6. The summed E-state index contributed by atoms with van der Waals surface area (Å²) in [5.74, 6) is 2.53. The first-order valence-electron chi connectivity index (χ1n) is 9.99. The minimum atomic E-state index is -0.0929. The second-order valence-electron chi connectivity index (χ2n) is 7.08. The summed E-state index contributed by atoms with van der Waals surface area (Å²) in [7, 11) is 0. The van der Waals surface area contributed by atoms with Crippen molar-refractivity contribution in [2.75, 3.05) is 16.0 Å². The number of nitrogens with one attached hydrogen (secondary N) is 3. The molecule has 4 aromatic rings. The van der Waals surface area contributed by atoms with Gasteiger partial charge in [0.15, 0.2) is 0 Å². The largest absolute Gasteiger partial charge is 0.340 e. The van der Waals surface area contributed by atoms with Gasteiger partial charge >= 0.3 is 0 Å². The van der Waals surface area contributed by atoms with E-state index >= 15 is 0 Å². The molecule has 0 aliphatic heterocycles. The summed E-state index contributed by atoms with van der Waals surface area (Å²) in [6, 6.07) is 22.1. The standard InChI is InChI=1S/C24H21ClN6O/c1-16-27-22(15-23(28-16)31-21-4-2-3-13-26-21)29-19-9-11-20(12-10-19)30-24(32)14-17-5-7-18(25)8-6-17/h2-13,15H,14H2,1H3,(H,30,32)(H2,26,27,28,29,31). The number of rotatable bonds is 7. The van der Waals surface area contributed by atoms with Crippen molar-refractivity contribution in [3.63, 3.8) is 0 Å². The lowest BCUT2D eigenvalue weighted by Gasteiger charge is -2.11. The third-order valence-electron chi connectivity index (χ3n) is 4.48. The van der Waals surface area contributed by atoms with Crippen molar-refractivity contribution >= 4 is 46.3 Å². The van der Waals surface area contributed by atoms with Crippen LogP contribution in [0.5, 0.6) is 0 Å². The van der Waals surface area contributed by atoms with Gasteiger partial charge in [-0.2, -0.15) is 0 Å². The van der Waals surface area contributed by atoms with Gasteiger partial charge in [0.25, 0.3) is 0 Å². The van der Waals surface area contributed by atoms with Crippen LogP contribution in [0.1, 0.15) is 11.4 Å². The molecule has 0 radical (unpaired) electrons. The van der Waals surface area contributed by atoms with Gasteiger partial charge in [-0.05, 0) is 61.0 Å². The van der Waals surface area contributed by atoms with Crippen LogP contribution in [0.25, 0.3) is 0 Å². The Hall–Kier alpha value is -3.97. The van der Waals surface area contributed by atoms with Crippen molar-refractivity contribution < 1.29 is 4.79 Å². The first kappa shape index (κ1) is 21.3. The van der Waals surface area contributed by atoms with Gasteiger partial charge in [-0.15, -0.1) is 0 Å². The molecule has 0 saturated carbocycles. The van der Waals surface area contributed by atoms with Gasteiger partial charge in [0, 0.05) is 28.7 Å². The van der Waals surface area contributed by atoms with Crippen LogP contribution in [0.15, 0.2) is 79.0 Å². The maximum atomic E-state index is 12.3. The smallest absolute Gasteiger partial charge is 0.228 e. The van der Waals surface area contributed by atoms with E-state index in [-0.39, 0.29) is 12.3 Å². The topological polar surface area (TPSA) is 91.8 Å². The first-order chi connectivity index (χ1) is 15.5. The number of pyridine rings is 1. The first-order valence-corrected chi connectivity index (χ1v) is 10.4. The van der Waals surface area contributed by atoms with Gasteiger partial charge < -0.3 is 16.0 Å². The summed E-state index contributed by atoms with van der Waals surface area (Å²) in [6.07, 6.45) is 1.99. The van der Waals surface area contributed by atoms with Gasteiger partial charge in [-0.25, -0.2) is 15.0 Å². The zero-order valence-electron chi connectivity index (χ0n) is 17.3. The van der Waals surface area contributed by atoms with Crippen LogP contribution in [0.3, 0.4) is 0 Å². The van der Waals surface area contributed by atoms with Crippen LogP contribution in [-0.4, -0.2) is 20.9 Å². The van der Waals surface area contributed by atoms with Crippen molar-refractivity contribution in [3.05, 3.63) is 95.4 Å². The molecule has 0 unspecified atom stereocenters. The number of nitrogens with zero attached hydrogens (tertiary/aromatic N) is 3. The molecule has 0 fully saturated rings. The van der Waals surface area contributed by atoms with Gasteiger partial charge in [0.05, 0.1) is 6.42 Å². The van der Waals surface area contributed by atoms with Crippen molar-refractivity contribution in [1.29, 1.82) is 0 Å². The Morgan fingerprint density at radius 3 is 2.22 bits per heavy atom. The Labute approximate surface area is 190 Å². The van der Waals surface area contributed by atoms with E-state index in [2.05, 4.69) is 30.9 Å². The van der Waals surface area contributed by atoms with Crippen LogP contribution in [0.4, 0.5) is 28.8 Å². The molecule has 160 valence electrons. The highest BCUT2D eigenvalue weighted by Crippen LogP contribution is 2.21. The third-order valence-corrected chi connectivity index (χ3v) is 4.73. The summed E-state index contributed by atoms with van der Waals surface area (Å²) in [5, 5.41) is 9.98. The molecule has 0 aliphatic rings. The summed E-state index contributed by atoms with van der Waals surface area (Å²) >= 11 is 5.88. The normalized spacial score (nSPS) is 10.4. The quantitative estimate of drug-likeness (QED) is 0.348. The number of halogens is 1. The molecule has 2 aromatic carbocycles. The molecule has 8 heteroatoms. The fourth-order valence-corrected chi connectivity index (χ4v) is 3.17. The number of aromatic nitrogens is 3. The highest BCUT2D eigenvalue weighted by Gasteiger charge is 2.06. The second-order valence-corrected chi connectivity index (χ2v) is 7.52. The minimum Gasteiger partial charge on any atom is -0.340 e. The van der Waals surface area contributed by atoms with E-state index in [4.69, 9.17) is 11.6 Å². The number of anilines is 5. The monoisotopic (exact) mass is 444 g/mol. The maximum Gasteiger partial charge on any atom is 0.228 e. The molecule has 0 spiro atoms. The van der Waals surface area contributed by atoms with Crippen LogP contribution < -0.4 is 16.0 Å². The zero-order valence-corrected chi connectivity index (χ0v) is 18.1. The van der Waals surface area contributed by atoms with E-state index in [1.54, 1.807) is 18.3 Å². The third kappa shape index (κ3) is 6.02. The lowest BCUT2D eigenvalue weighted by molar-refractivity contribution is -0.115. The molecule has 1 amide bonds. The Morgan fingerprint density at radius 1 is 0.844 bits per heavy atom. The Kier molecular flexibility index (Phi) is 6.57. The minimum absolute atomic E-state index is 0.0929. The van der Waals surface area contributed by atoms with Crippen LogP contribution in [0.2, 0.25) is 5.02 Å². The predicted molar refractivity (Wildman–Crippen MR) is 128 cm³/mol. The van der Waals surface area contributed by atoms with E-state index in [9.17, 15) is 4.79 Å². The predicted octanol–water partition coefficient (Wildman–Crippen LogP) is 5.50. The number of carbonyl (C=O) groups is 1. The lowest BCUT2D eigenvalue weighted by atomic mass is 10.1. The number of aryl methyl sites for hydroxylation is 1. The van der Waals surface area contributed by atoms with Crippen LogP contribution in [0, 0.1) is 6.92 Å². The van der Waals surface area contributed by atoms with Crippen LogP contribution >= 0.6 is 11.6 Å². The fourth-order valence-electron chi connectivity index (χ4n) is 3.04. The van der Waals surface area contributed by atoms with Crippen molar-refractivity contribution in [2.24, 2.45) is 0 Å². The molecule has 32 heavy (non-hydrogen) atoms. The SMILES string of the molecule is Cc1nc(Nc2ccc(NC(=O)Cc3ccc(Cl)cc3)cc2)cc(Nc2ccccn2)n1. The molecule has 3 N–H and O–H groups in total. The van der Waals surface area contributed by atoms with Crippen molar-refractivity contribution in [3.8, 4) is 0 Å². The van der Waals surface area contributed by atoms with Crippen molar-refractivity contribution in [1.82, 2.24) is 15.0 Å². The average molecular weight is 445 g/mol. The highest BCUT2D eigenvalue weighted by molar-refractivity contribution is 6.30. The van der Waals surface area contributed by atoms with E-state index < -0.39 is 0 Å². The average Bonchev–Trinajstić information content (AvgIpc) is 2.77. The molecule has 0 bridgehead atoms. The van der Waals surface area contributed by atoms with Gasteiger partial charge in [-0.3, -0.25) is 4.79 Å². The molecule has 4 rings (SSSR count). The number of hydrogen-bond donors (Lipinski definition) is 3. The van der Waals surface area contributed by atoms with E-state index in [0.717, 1.165) is 11.3 Å². The molecule has 2 aromatic heterocycles. The fraction of sp³-hybridized carbons (Fsp3) is 0.0833. The molecular weight excluding hydrogens is 424 g/mol. The lowest BCUT2D eigenvalue weighted by Crippen LogP contribution is -2.14. The van der Waals surface area contributed by atoms with Crippen molar-refractivity contribution in [2.45, 2.75) is 13.3 Å². The van der Waals surface area contributed by atoms with E-state index in [0.29, 0.717) is 34.0 Å². The summed E-state index contributed by atoms with van der Waals surface area (Å²) < 4.78 is 0. The number of amides is 1. The summed E-state index contributed by atoms with van der Waals surface area (Å²) in [5.41, 5.74) is 2.45. The molecule has 0 atom stereocenters. The van der Waals surface area contributed by atoms with E-state index in [1.165, 1.54) is 0 Å². The van der Waals surface area contributed by atoms with Gasteiger partial charge in [0.2, 0.25) is 5.91 Å². The van der Waals surface area contributed by atoms with E-state index in [1.807, 2.05) is 67.6 Å². The summed E-state index contributed by atoms with van der Waals surface area (Å²) in [6.45, 7) is 1.83. The van der Waals surface area contributed by atoms with Gasteiger partial charge in [-0.1, -0.05) is 29.8 Å². The molecule has 0 saturated heterocycles. The zero-order chi connectivity index (χ0) is 22.3.